The van der Waals surface area contributed by atoms with Gasteiger partial charge in [-0.2, -0.15) is 24.3 Å². The van der Waals surface area contributed by atoms with E-state index >= 15 is 0 Å². The van der Waals surface area contributed by atoms with Gasteiger partial charge in [0.1, 0.15) is 11.5 Å². The van der Waals surface area contributed by atoms with E-state index in [0.717, 1.165) is 46.5 Å². The maximum atomic E-state index is 5.85. The van der Waals surface area contributed by atoms with E-state index in [-0.39, 0.29) is 25.0 Å². The molecule has 0 saturated heterocycles. The van der Waals surface area contributed by atoms with Crippen molar-refractivity contribution in [1.82, 2.24) is 0 Å². The third-order valence-electron chi connectivity index (χ3n) is 13.7. The van der Waals surface area contributed by atoms with E-state index in [1.54, 1.807) is 19.8 Å². The van der Waals surface area contributed by atoms with Gasteiger partial charge in [-0.15, -0.1) is 29.3 Å². The van der Waals surface area contributed by atoms with Crippen molar-refractivity contribution in [2.24, 2.45) is 23.7 Å². The second-order valence-electron chi connectivity index (χ2n) is 17.0. The summed E-state index contributed by atoms with van der Waals surface area (Å²) >= 11 is 0. The molecule has 7 atom stereocenters. The van der Waals surface area contributed by atoms with E-state index in [4.69, 9.17) is 9.47 Å². The average Bonchev–Trinajstić information content (AvgIpc) is 4.03. The molecule has 0 N–H and O–H groups in total. The first kappa shape index (κ1) is 40.5. The molecule has 4 aliphatic carbocycles. The van der Waals surface area contributed by atoms with Crippen LogP contribution in [0.15, 0.2) is 97.1 Å². The maximum absolute atomic E-state index is 5.85. The quantitative estimate of drug-likeness (QED) is 0.0795. The Kier molecular flexibility index (Phi) is 12.9. The average molecular weight is 811 g/mol. The molecule has 0 radical (unpaired) electrons. The molecule has 2 nitrogen and oxygen atoms in total. The van der Waals surface area contributed by atoms with Crippen molar-refractivity contribution in [2.75, 3.05) is 14.2 Å². The fraction of sp³-hybridized carbons (Fsp3) is 0.440. The molecule has 4 fully saturated rings. The molecule has 290 valence electrons. The summed E-state index contributed by atoms with van der Waals surface area (Å²) in [5, 5.41) is 4.22. The molecule has 0 aliphatic heterocycles. The fourth-order valence-corrected chi connectivity index (χ4v) is 19.2. The van der Waals surface area contributed by atoms with Gasteiger partial charge in [-0.1, -0.05) is 56.8 Å². The van der Waals surface area contributed by atoms with Gasteiger partial charge in [0.15, 0.2) is 0 Å². The Balaban J connectivity index is 0.000000719. The van der Waals surface area contributed by atoms with Crippen LogP contribution in [0, 0.1) is 51.4 Å². The van der Waals surface area contributed by atoms with E-state index < -0.39 is 7.92 Å². The minimum Gasteiger partial charge on any atom is -0.496 e. The molecule has 7 unspecified atom stereocenters. The van der Waals surface area contributed by atoms with Crippen LogP contribution in [0.2, 0.25) is 0 Å². The summed E-state index contributed by atoms with van der Waals surface area (Å²) in [7, 11) is 2.67. The molecule has 0 aromatic heterocycles. The molecule has 55 heavy (non-hydrogen) atoms. The van der Waals surface area contributed by atoms with Gasteiger partial charge < -0.3 is 9.47 Å². The SMILES string of the molecule is COc1c(C)cc(P(c2cc(C)c(OC)c(C)c2)c2ccccc2-[c-]2cccc2C(C)P(C2CC3CCC2C3)C2CC3CCC2C3)cc1C.[Fe+2].c1cc[cH-]c1. The summed E-state index contributed by atoms with van der Waals surface area (Å²) in [4.78, 5) is 0. The Hall–Kier alpha value is -2.66. The van der Waals surface area contributed by atoms with E-state index in [9.17, 15) is 0 Å². The number of aryl methyl sites for hydroxylation is 4. The van der Waals surface area contributed by atoms with E-state index in [0.29, 0.717) is 5.66 Å². The van der Waals surface area contributed by atoms with Gasteiger partial charge in [-0.3, -0.25) is 0 Å². The van der Waals surface area contributed by atoms with Gasteiger partial charge in [0.2, 0.25) is 0 Å². The van der Waals surface area contributed by atoms with Crippen LogP contribution in [0.25, 0.3) is 11.1 Å². The maximum Gasteiger partial charge on any atom is 2.00 e. The second kappa shape index (κ2) is 17.5. The van der Waals surface area contributed by atoms with Crippen molar-refractivity contribution in [3.05, 3.63) is 125 Å². The van der Waals surface area contributed by atoms with Gasteiger partial charge in [0.05, 0.1) is 14.2 Å². The molecule has 5 heteroatoms. The van der Waals surface area contributed by atoms with Crippen LogP contribution in [-0.2, 0) is 17.1 Å². The summed E-state index contributed by atoms with van der Waals surface area (Å²) < 4.78 is 11.7. The Morgan fingerprint density at radius 3 is 1.58 bits per heavy atom. The standard InChI is InChI=1S/C45H55O2P2.C5H5.Fe/c1-27-19-36(20-28(2)44(27)46-6)49(37-21-29(3)45(47-7)30(4)22-37)41-14-9-8-11-40(41)39-13-10-12-38(39)31(5)48(42-25-32-15-17-34(42)23-32)43-26-33-16-18-35(43)24-33;1-2-4-5-3-1;/h8-14,19-22,31-35,42-43H,15-18,23-26H2,1-7H3;1-5H;/q2*-1;+2. The number of rotatable bonds is 10. The number of hydrogen-bond donors (Lipinski definition) is 0. The summed E-state index contributed by atoms with van der Waals surface area (Å²) in [6, 6.07) is 36.3. The fourth-order valence-electron chi connectivity index (χ4n) is 11.6. The summed E-state index contributed by atoms with van der Waals surface area (Å²) in [6.45, 7) is 11.5. The van der Waals surface area contributed by atoms with Crippen LogP contribution in [0.3, 0.4) is 0 Å². The molecule has 4 saturated carbocycles. The van der Waals surface area contributed by atoms with E-state index in [1.165, 1.54) is 101 Å². The zero-order valence-electron chi connectivity index (χ0n) is 34.0. The van der Waals surface area contributed by atoms with Crippen molar-refractivity contribution in [3.63, 3.8) is 0 Å². The van der Waals surface area contributed by atoms with Gasteiger partial charge in [0.25, 0.3) is 0 Å². The topological polar surface area (TPSA) is 18.5 Å². The minimum atomic E-state index is -0.849. The first-order valence-electron chi connectivity index (χ1n) is 20.6. The molecular formula is C50H60FeO2P2. The summed E-state index contributed by atoms with van der Waals surface area (Å²) in [5.74, 6) is 6.02. The zero-order valence-corrected chi connectivity index (χ0v) is 36.9. The van der Waals surface area contributed by atoms with Crippen LogP contribution in [0.4, 0.5) is 0 Å². The third-order valence-corrected chi connectivity index (χ3v) is 20.1. The largest absolute Gasteiger partial charge is 2.00 e. The van der Waals surface area contributed by atoms with E-state index in [2.05, 4.69) is 101 Å². The van der Waals surface area contributed by atoms with Crippen LogP contribution in [0.1, 0.15) is 91.8 Å². The predicted molar refractivity (Wildman–Crippen MR) is 234 cm³/mol. The minimum absolute atomic E-state index is 0. The van der Waals surface area contributed by atoms with Crippen molar-refractivity contribution in [1.29, 1.82) is 0 Å². The van der Waals surface area contributed by atoms with Gasteiger partial charge >= 0.3 is 17.1 Å². The number of hydrogen-bond acceptors (Lipinski definition) is 2. The molecule has 4 aliphatic rings. The molecule has 0 spiro atoms. The molecule has 9 rings (SSSR count). The Labute approximate surface area is 344 Å². The number of benzene rings is 3. The van der Waals surface area contributed by atoms with Crippen LogP contribution in [0.5, 0.6) is 11.5 Å². The number of fused-ring (bicyclic) bond motifs is 4. The van der Waals surface area contributed by atoms with Crippen LogP contribution >= 0.6 is 15.8 Å². The first-order valence-corrected chi connectivity index (χ1v) is 23.5. The normalized spacial score (nSPS) is 24.7. The Morgan fingerprint density at radius 1 is 0.655 bits per heavy atom. The smallest absolute Gasteiger partial charge is 0.496 e. The van der Waals surface area contributed by atoms with Crippen molar-refractivity contribution < 1.29 is 26.5 Å². The monoisotopic (exact) mass is 810 g/mol. The van der Waals surface area contributed by atoms with Crippen molar-refractivity contribution >= 4 is 31.8 Å². The molecule has 4 bridgehead atoms. The van der Waals surface area contributed by atoms with Gasteiger partial charge in [0, 0.05) is 0 Å². The van der Waals surface area contributed by atoms with Gasteiger partial charge in [-0.25, -0.2) is 12.1 Å². The van der Waals surface area contributed by atoms with E-state index in [1.807, 2.05) is 30.3 Å². The Morgan fingerprint density at radius 2 is 1.16 bits per heavy atom. The zero-order chi connectivity index (χ0) is 37.5. The number of ether oxygens (including phenoxy) is 2. The predicted octanol–water partition coefficient (Wildman–Crippen LogP) is 12.4. The molecule has 5 aromatic carbocycles. The van der Waals surface area contributed by atoms with Crippen LogP contribution < -0.4 is 25.4 Å². The molecular weight excluding hydrogens is 750 g/mol. The molecule has 5 aromatic rings. The Bertz CT molecular complexity index is 1900. The van der Waals surface area contributed by atoms with Gasteiger partial charge in [-0.05, 0) is 172 Å². The van der Waals surface area contributed by atoms with Crippen molar-refractivity contribution in [2.45, 2.75) is 103 Å². The summed E-state index contributed by atoms with van der Waals surface area (Å²) in [6.07, 6.45) is 12.1. The second-order valence-corrected chi connectivity index (χ2v) is 22.2. The third kappa shape index (κ3) is 7.96. The van der Waals surface area contributed by atoms with Crippen LogP contribution in [-0.4, -0.2) is 25.5 Å². The van der Waals surface area contributed by atoms with Crippen molar-refractivity contribution in [3.8, 4) is 22.6 Å². The summed E-state index contributed by atoms with van der Waals surface area (Å²) in [5.41, 5.74) is 12.0. The first-order chi connectivity index (χ1) is 26.2. The molecule has 0 heterocycles. The molecule has 0 amide bonds. The number of methoxy groups -OCH3 is 2.